The van der Waals surface area contributed by atoms with E-state index in [1.807, 2.05) is 0 Å². The van der Waals surface area contributed by atoms with Crippen molar-refractivity contribution in [3.8, 4) is 0 Å². The lowest BCUT2D eigenvalue weighted by Gasteiger charge is -2.31. The monoisotopic (exact) mass is 350 g/mol. The summed E-state index contributed by atoms with van der Waals surface area (Å²) in [5.41, 5.74) is 4.43. The minimum Gasteiger partial charge on any atom is -0.308 e. The van der Waals surface area contributed by atoms with Crippen molar-refractivity contribution >= 4 is 0 Å². The molecule has 0 N–H and O–H groups in total. The third-order valence-corrected chi connectivity index (χ3v) is 5.46. The molecule has 1 fully saturated rings. The number of benzene rings is 2. The Morgan fingerprint density at radius 3 is 2.42 bits per heavy atom. The fourth-order valence-corrected chi connectivity index (χ4v) is 4.38. The summed E-state index contributed by atoms with van der Waals surface area (Å²) in [6, 6.07) is 20.9. The van der Waals surface area contributed by atoms with Gasteiger partial charge in [-0.3, -0.25) is 4.90 Å². The Bertz CT molecular complexity index is 678. The second-order valence-electron chi connectivity index (χ2n) is 8.52. The number of likely N-dealkylation sites (N-methyl/N-ethyl adjacent to an activating group) is 1. The predicted molar refractivity (Wildman–Crippen MR) is 112 cm³/mol. The summed E-state index contributed by atoms with van der Waals surface area (Å²) in [4.78, 5) is 5.04. The molecule has 0 radical (unpaired) electrons. The van der Waals surface area contributed by atoms with Gasteiger partial charge in [0.1, 0.15) is 0 Å². The fraction of sp³-hybridized carbons (Fsp3) is 0.500. The van der Waals surface area contributed by atoms with Crippen LogP contribution >= 0.6 is 0 Å². The molecule has 1 aliphatic rings. The highest BCUT2D eigenvalue weighted by Crippen LogP contribution is 2.34. The summed E-state index contributed by atoms with van der Waals surface area (Å²) in [6.45, 7) is 7.96. The molecule has 26 heavy (non-hydrogen) atoms. The van der Waals surface area contributed by atoms with Gasteiger partial charge in [-0.25, -0.2) is 0 Å². The maximum atomic E-state index is 2.70. The van der Waals surface area contributed by atoms with Gasteiger partial charge in [0.25, 0.3) is 0 Å². The van der Waals surface area contributed by atoms with Gasteiger partial charge in [-0.15, -0.1) is 0 Å². The molecule has 2 atom stereocenters. The highest BCUT2D eigenvalue weighted by molar-refractivity contribution is 5.26. The standard InChI is InChI=1S/C24H34N2/c1-19(2)15-20-9-8-10-21(16-20)17-26-14-13-23(24(26)18-25(3)4)22-11-6-5-7-12-22/h5-12,16,19,23-24H,13-15,17-18H2,1-4H3/t23-,24-/m1/s1. The van der Waals surface area contributed by atoms with Crippen LogP contribution in [0.15, 0.2) is 54.6 Å². The Morgan fingerprint density at radius 2 is 1.73 bits per heavy atom. The van der Waals surface area contributed by atoms with Crippen molar-refractivity contribution in [2.24, 2.45) is 5.92 Å². The van der Waals surface area contributed by atoms with E-state index < -0.39 is 0 Å². The fourth-order valence-electron chi connectivity index (χ4n) is 4.38. The molecule has 0 amide bonds. The zero-order valence-corrected chi connectivity index (χ0v) is 16.9. The van der Waals surface area contributed by atoms with Gasteiger partial charge >= 0.3 is 0 Å². The summed E-state index contributed by atoms with van der Waals surface area (Å²) in [5.74, 6) is 1.35. The van der Waals surface area contributed by atoms with Gasteiger partial charge in [-0.2, -0.15) is 0 Å². The first kappa shape index (κ1) is 19.1. The zero-order valence-electron chi connectivity index (χ0n) is 16.9. The van der Waals surface area contributed by atoms with Crippen molar-refractivity contribution in [1.82, 2.24) is 9.80 Å². The molecule has 140 valence electrons. The zero-order chi connectivity index (χ0) is 18.5. The van der Waals surface area contributed by atoms with E-state index in [0.717, 1.165) is 13.1 Å². The normalized spacial score (nSPS) is 21.0. The van der Waals surface area contributed by atoms with Gasteiger partial charge < -0.3 is 4.90 Å². The molecule has 3 rings (SSSR count). The largest absolute Gasteiger partial charge is 0.308 e. The lowest BCUT2D eigenvalue weighted by Crippen LogP contribution is -2.39. The Balaban J connectivity index is 1.76. The van der Waals surface area contributed by atoms with Gasteiger partial charge in [-0.05, 0) is 56.1 Å². The van der Waals surface area contributed by atoms with E-state index in [1.165, 1.54) is 36.1 Å². The summed E-state index contributed by atoms with van der Waals surface area (Å²) in [6.07, 6.45) is 2.43. The summed E-state index contributed by atoms with van der Waals surface area (Å²) < 4.78 is 0. The number of likely N-dealkylation sites (tertiary alicyclic amines) is 1. The molecule has 2 aromatic carbocycles. The summed E-state index contributed by atoms with van der Waals surface area (Å²) in [5, 5.41) is 0. The van der Waals surface area contributed by atoms with Crippen LogP contribution < -0.4 is 0 Å². The number of hydrogen-bond donors (Lipinski definition) is 0. The van der Waals surface area contributed by atoms with Crippen LogP contribution in [-0.2, 0) is 13.0 Å². The minimum absolute atomic E-state index is 0.584. The van der Waals surface area contributed by atoms with Gasteiger partial charge in [0.15, 0.2) is 0 Å². The summed E-state index contributed by atoms with van der Waals surface area (Å²) >= 11 is 0. The van der Waals surface area contributed by atoms with E-state index in [1.54, 1.807) is 0 Å². The van der Waals surface area contributed by atoms with Crippen molar-refractivity contribution in [2.45, 2.75) is 45.2 Å². The molecule has 2 nitrogen and oxygen atoms in total. The van der Waals surface area contributed by atoms with Gasteiger partial charge in [0, 0.05) is 25.0 Å². The minimum atomic E-state index is 0.584. The Morgan fingerprint density at radius 1 is 1.00 bits per heavy atom. The van der Waals surface area contributed by atoms with Crippen LogP contribution in [0.25, 0.3) is 0 Å². The molecule has 2 aromatic rings. The maximum absolute atomic E-state index is 2.70. The predicted octanol–water partition coefficient (Wildman–Crippen LogP) is 4.80. The molecule has 0 saturated carbocycles. The molecule has 0 aliphatic carbocycles. The van der Waals surface area contributed by atoms with E-state index in [2.05, 4.69) is 92.3 Å². The lowest BCUT2D eigenvalue weighted by atomic mass is 9.91. The first-order chi connectivity index (χ1) is 12.5. The van der Waals surface area contributed by atoms with E-state index in [0.29, 0.717) is 17.9 Å². The second-order valence-corrected chi connectivity index (χ2v) is 8.52. The highest BCUT2D eigenvalue weighted by atomic mass is 15.2. The molecule has 1 saturated heterocycles. The molecule has 0 unspecified atom stereocenters. The summed E-state index contributed by atoms with van der Waals surface area (Å²) in [7, 11) is 4.39. The van der Waals surface area contributed by atoms with Crippen LogP contribution in [0.1, 0.15) is 42.9 Å². The average molecular weight is 351 g/mol. The second kappa shape index (κ2) is 8.83. The third-order valence-electron chi connectivity index (χ3n) is 5.46. The van der Waals surface area contributed by atoms with Crippen molar-refractivity contribution in [1.29, 1.82) is 0 Å². The maximum Gasteiger partial charge on any atom is 0.0295 e. The van der Waals surface area contributed by atoms with Gasteiger partial charge in [-0.1, -0.05) is 68.4 Å². The van der Waals surface area contributed by atoms with Crippen molar-refractivity contribution in [3.05, 3.63) is 71.3 Å². The van der Waals surface area contributed by atoms with Crippen LogP contribution in [-0.4, -0.2) is 43.0 Å². The first-order valence-electron chi connectivity index (χ1n) is 10.0. The molecule has 1 heterocycles. The Kier molecular flexibility index (Phi) is 6.50. The van der Waals surface area contributed by atoms with Crippen molar-refractivity contribution in [3.63, 3.8) is 0 Å². The number of nitrogens with zero attached hydrogens (tertiary/aromatic N) is 2. The highest BCUT2D eigenvalue weighted by Gasteiger charge is 2.35. The van der Waals surface area contributed by atoms with Gasteiger partial charge in [0.2, 0.25) is 0 Å². The molecule has 2 heteroatoms. The molecule has 0 bridgehead atoms. The lowest BCUT2D eigenvalue weighted by molar-refractivity contribution is 0.191. The smallest absolute Gasteiger partial charge is 0.0295 e. The van der Waals surface area contributed by atoms with Crippen LogP contribution in [0.5, 0.6) is 0 Å². The number of hydrogen-bond acceptors (Lipinski definition) is 2. The molecule has 1 aliphatic heterocycles. The molecular formula is C24H34N2. The van der Waals surface area contributed by atoms with Gasteiger partial charge in [0.05, 0.1) is 0 Å². The van der Waals surface area contributed by atoms with Crippen LogP contribution in [0.3, 0.4) is 0 Å². The molecule has 0 spiro atoms. The van der Waals surface area contributed by atoms with Crippen molar-refractivity contribution < 1.29 is 0 Å². The molecular weight excluding hydrogens is 316 g/mol. The van der Waals surface area contributed by atoms with Crippen LogP contribution in [0.4, 0.5) is 0 Å². The van der Waals surface area contributed by atoms with E-state index in [4.69, 9.17) is 0 Å². The first-order valence-corrected chi connectivity index (χ1v) is 10.0. The quantitative estimate of drug-likeness (QED) is 0.707. The van der Waals surface area contributed by atoms with Crippen molar-refractivity contribution in [2.75, 3.05) is 27.2 Å². The molecule has 0 aromatic heterocycles. The topological polar surface area (TPSA) is 6.48 Å². The van der Waals surface area contributed by atoms with E-state index in [9.17, 15) is 0 Å². The van der Waals surface area contributed by atoms with E-state index in [-0.39, 0.29) is 0 Å². The average Bonchev–Trinajstić information content (AvgIpc) is 2.97. The number of rotatable bonds is 7. The van der Waals surface area contributed by atoms with Crippen LogP contribution in [0, 0.1) is 5.92 Å². The Hall–Kier alpha value is -1.64. The van der Waals surface area contributed by atoms with E-state index >= 15 is 0 Å². The van der Waals surface area contributed by atoms with Crippen LogP contribution in [0.2, 0.25) is 0 Å². The SMILES string of the molecule is CC(C)Cc1cccc(CN2CC[C@H](c3ccccc3)[C@H]2CN(C)C)c1. The Labute approximate surface area is 159 Å². The third kappa shape index (κ3) is 4.96.